The van der Waals surface area contributed by atoms with E-state index in [1.807, 2.05) is 6.92 Å². The predicted molar refractivity (Wildman–Crippen MR) is 70.8 cm³/mol. The Kier molecular flexibility index (Phi) is 3.42. The summed E-state index contributed by atoms with van der Waals surface area (Å²) in [5.41, 5.74) is -0.818. The molecule has 18 heavy (non-hydrogen) atoms. The Balaban J connectivity index is 2.35. The smallest absolute Gasteiger partial charge is 0.354 e. The summed E-state index contributed by atoms with van der Waals surface area (Å²) in [5, 5.41) is 18.7. The molecular weight excluding hydrogens is 274 g/mol. The molecule has 1 fully saturated rings. The zero-order chi connectivity index (χ0) is 13.7. The highest BCUT2D eigenvalue weighted by Gasteiger charge is 2.65. The van der Waals surface area contributed by atoms with Crippen molar-refractivity contribution in [1.29, 1.82) is 0 Å². The molecule has 1 saturated heterocycles. The minimum atomic E-state index is -1.08. The first-order chi connectivity index (χ1) is 8.35. The zero-order valence-corrected chi connectivity index (χ0v) is 12.0. The van der Waals surface area contributed by atoms with Crippen LogP contribution in [0.1, 0.15) is 20.8 Å². The molecule has 2 rings (SSSR count). The molecule has 0 saturated carbocycles. The molecule has 0 bridgehead atoms. The molecule has 2 aliphatic heterocycles. The molecule has 0 radical (unpaired) electrons. The van der Waals surface area contributed by atoms with Gasteiger partial charge in [-0.15, -0.1) is 11.8 Å². The van der Waals surface area contributed by atoms with E-state index in [1.165, 1.54) is 28.4 Å². The number of β-lactam (4-membered cyclic amide) rings is 1. The third kappa shape index (κ3) is 1.60. The average Bonchev–Trinajstić information content (AvgIpc) is 2.65. The van der Waals surface area contributed by atoms with Crippen LogP contribution in [0.4, 0.5) is 0 Å². The fraction of sp³-hybridized carbons (Fsp3) is 0.636. The number of hydrogen-bond donors (Lipinski definition) is 2. The molecule has 0 aromatic carbocycles. The number of carboxylic acid groups (broad SMARTS) is 1. The van der Waals surface area contributed by atoms with Gasteiger partial charge in [-0.25, -0.2) is 4.79 Å². The molecular formula is C11H15NO4S2. The third-order valence-corrected chi connectivity index (χ3v) is 6.14. The minimum absolute atomic E-state index is 0.0694. The number of carbonyl (C=O) groups is 2. The molecule has 7 heteroatoms. The number of rotatable bonds is 4. The van der Waals surface area contributed by atoms with E-state index in [-0.39, 0.29) is 17.0 Å². The number of thioether (sulfide) groups is 2. The molecule has 0 aliphatic carbocycles. The first kappa shape index (κ1) is 13.8. The number of carboxylic acids is 1. The van der Waals surface area contributed by atoms with E-state index in [0.29, 0.717) is 4.24 Å². The average molecular weight is 289 g/mol. The molecule has 5 nitrogen and oxygen atoms in total. The zero-order valence-electron chi connectivity index (χ0n) is 10.3. The largest absolute Gasteiger partial charge is 0.477 e. The van der Waals surface area contributed by atoms with Gasteiger partial charge in [-0.2, -0.15) is 0 Å². The van der Waals surface area contributed by atoms with Crippen molar-refractivity contribution in [2.75, 3.05) is 5.75 Å². The molecule has 2 heterocycles. The van der Waals surface area contributed by atoms with Crippen LogP contribution in [-0.4, -0.2) is 44.2 Å². The number of carbonyl (C=O) groups excluding carboxylic acids is 1. The second kappa shape index (κ2) is 4.47. The Bertz CT molecular complexity index is 448. The van der Waals surface area contributed by atoms with Crippen molar-refractivity contribution >= 4 is 35.4 Å². The summed E-state index contributed by atoms with van der Waals surface area (Å²) in [5.74, 6) is -0.639. The highest BCUT2D eigenvalue weighted by atomic mass is 32.2. The van der Waals surface area contributed by atoms with E-state index in [1.54, 1.807) is 13.8 Å². The van der Waals surface area contributed by atoms with Crippen LogP contribution >= 0.6 is 23.5 Å². The van der Waals surface area contributed by atoms with Crippen molar-refractivity contribution in [3.63, 3.8) is 0 Å². The maximum absolute atomic E-state index is 12.1. The number of amides is 1. The van der Waals surface area contributed by atoms with Gasteiger partial charge < -0.3 is 10.2 Å². The normalized spacial score (nSPS) is 32.3. The van der Waals surface area contributed by atoms with Crippen LogP contribution < -0.4 is 0 Å². The quantitative estimate of drug-likeness (QED) is 0.760. The standard InChI is InChI=1S/C11H15NO4S2/c1-4-17-8-6(7(14)15)12-9(16)11(3,5(2)13)10(12)18-8/h5,10,13H,4H2,1-3H3,(H,14,15)/t5?,10-,11+/m1/s1. The van der Waals surface area contributed by atoms with Crippen LogP contribution in [0.5, 0.6) is 0 Å². The van der Waals surface area contributed by atoms with Gasteiger partial charge >= 0.3 is 5.97 Å². The van der Waals surface area contributed by atoms with Gasteiger partial charge in [0.15, 0.2) is 5.70 Å². The number of aliphatic hydroxyl groups excluding tert-OH is 1. The van der Waals surface area contributed by atoms with Crippen molar-refractivity contribution in [3.05, 3.63) is 9.93 Å². The molecule has 3 atom stereocenters. The van der Waals surface area contributed by atoms with Gasteiger partial charge in [-0.1, -0.05) is 18.7 Å². The molecule has 2 N–H and O–H groups in total. The van der Waals surface area contributed by atoms with Gasteiger partial charge in [0.05, 0.1) is 10.3 Å². The molecule has 100 valence electrons. The van der Waals surface area contributed by atoms with Gasteiger partial charge in [-0.05, 0) is 19.6 Å². The fourth-order valence-corrected chi connectivity index (χ4v) is 4.96. The van der Waals surface area contributed by atoms with Gasteiger partial charge in [0, 0.05) is 0 Å². The van der Waals surface area contributed by atoms with Gasteiger partial charge in [0.25, 0.3) is 0 Å². The van der Waals surface area contributed by atoms with Crippen molar-refractivity contribution < 1.29 is 19.8 Å². The van der Waals surface area contributed by atoms with Crippen LogP contribution in [0.15, 0.2) is 9.93 Å². The lowest BCUT2D eigenvalue weighted by molar-refractivity contribution is -0.170. The highest BCUT2D eigenvalue weighted by molar-refractivity contribution is 8.22. The monoisotopic (exact) mass is 289 g/mol. The van der Waals surface area contributed by atoms with E-state index in [9.17, 15) is 19.8 Å². The lowest BCUT2D eigenvalue weighted by atomic mass is 9.75. The van der Waals surface area contributed by atoms with Crippen LogP contribution in [0.25, 0.3) is 0 Å². The third-order valence-electron chi connectivity index (χ3n) is 3.43. The first-order valence-corrected chi connectivity index (χ1v) is 7.51. The summed E-state index contributed by atoms with van der Waals surface area (Å²) < 4.78 is 0.660. The summed E-state index contributed by atoms with van der Waals surface area (Å²) in [4.78, 5) is 24.7. The summed E-state index contributed by atoms with van der Waals surface area (Å²) in [6.45, 7) is 5.19. The van der Waals surface area contributed by atoms with Crippen LogP contribution in [0.3, 0.4) is 0 Å². The highest BCUT2D eigenvalue weighted by Crippen LogP contribution is 2.59. The Morgan fingerprint density at radius 3 is 2.72 bits per heavy atom. The fourth-order valence-electron chi connectivity index (χ4n) is 2.13. The van der Waals surface area contributed by atoms with E-state index < -0.39 is 17.5 Å². The summed E-state index contributed by atoms with van der Waals surface area (Å²) >= 11 is 2.79. The number of hydrogen-bond acceptors (Lipinski definition) is 5. The van der Waals surface area contributed by atoms with E-state index >= 15 is 0 Å². The summed E-state index contributed by atoms with van der Waals surface area (Å²) in [7, 11) is 0. The predicted octanol–water partition coefficient (Wildman–Crippen LogP) is 1.30. The van der Waals surface area contributed by atoms with Crippen molar-refractivity contribution in [2.24, 2.45) is 5.41 Å². The Labute approximate surface area is 114 Å². The number of aliphatic carboxylic acids is 1. The second-order valence-corrected chi connectivity index (χ2v) is 7.10. The number of nitrogens with zero attached hydrogens (tertiary/aromatic N) is 1. The lowest BCUT2D eigenvalue weighted by Crippen LogP contribution is -2.68. The first-order valence-electron chi connectivity index (χ1n) is 5.64. The van der Waals surface area contributed by atoms with Crippen molar-refractivity contribution in [2.45, 2.75) is 32.2 Å². The molecule has 0 aromatic rings. The summed E-state index contributed by atoms with van der Waals surface area (Å²) in [6.07, 6.45) is -0.792. The van der Waals surface area contributed by atoms with E-state index in [4.69, 9.17) is 0 Å². The molecule has 0 aromatic heterocycles. The van der Waals surface area contributed by atoms with Gasteiger partial charge in [0.1, 0.15) is 10.8 Å². The molecule has 1 amide bonds. The molecule has 1 unspecified atom stereocenters. The molecule has 0 spiro atoms. The molecule has 2 aliphatic rings. The Morgan fingerprint density at radius 1 is 1.67 bits per heavy atom. The lowest BCUT2D eigenvalue weighted by Gasteiger charge is -2.51. The van der Waals surface area contributed by atoms with Crippen molar-refractivity contribution in [1.82, 2.24) is 4.90 Å². The van der Waals surface area contributed by atoms with E-state index in [0.717, 1.165) is 5.75 Å². The Hall–Kier alpha value is -0.660. The minimum Gasteiger partial charge on any atom is -0.477 e. The summed E-state index contributed by atoms with van der Waals surface area (Å²) in [6, 6.07) is 0. The van der Waals surface area contributed by atoms with E-state index in [2.05, 4.69) is 0 Å². The SMILES string of the molecule is CCSC1=C(C(=O)O)N2C(=O)[C@](C)(C(C)O)[C@H]2S1. The second-order valence-electron chi connectivity index (χ2n) is 4.48. The van der Waals surface area contributed by atoms with Gasteiger partial charge in [-0.3, -0.25) is 9.69 Å². The van der Waals surface area contributed by atoms with Crippen LogP contribution in [0, 0.1) is 5.41 Å². The number of fused-ring (bicyclic) bond motifs is 1. The van der Waals surface area contributed by atoms with Gasteiger partial charge in [0.2, 0.25) is 5.91 Å². The topological polar surface area (TPSA) is 77.8 Å². The van der Waals surface area contributed by atoms with Crippen LogP contribution in [-0.2, 0) is 9.59 Å². The Morgan fingerprint density at radius 2 is 2.28 bits per heavy atom. The van der Waals surface area contributed by atoms with Crippen LogP contribution in [0.2, 0.25) is 0 Å². The number of aliphatic hydroxyl groups is 1. The maximum Gasteiger partial charge on any atom is 0.354 e. The van der Waals surface area contributed by atoms with Crippen molar-refractivity contribution in [3.8, 4) is 0 Å². The maximum atomic E-state index is 12.1.